The van der Waals surface area contributed by atoms with E-state index in [1.165, 1.54) is 0 Å². The lowest BCUT2D eigenvalue weighted by atomic mass is 10.2. The predicted octanol–water partition coefficient (Wildman–Crippen LogP) is 1.14. The smallest absolute Gasteiger partial charge is 0.287 e. The highest BCUT2D eigenvalue weighted by atomic mass is 16.5. The molecule has 2 aliphatic rings. The second kappa shape index (κ2) is 6.24. The minimum atomic E-state index is -0.294. The first-order valence-corrected chi connectivity index (χ1v) is 8.40. The van der Waals surface area contributed by atoms with Crippen molar-refractivity contribution < 1.29 is 14.3 Å². The Hall–Kier alpha value is -2.41. The molecule has 0 aromatic carbocycles. The van der Waals surface area contributed by atoms with Crippen molar-refractivity contribution >= 4 is 17.3 Å². The predicted molar refractivity (Wildman–Crippen MR) is 87.0 cm³/mol. The van der Waals surface area contributed by atoms with E-state index >= 15 is 0 Å². The molecule has 2 fully saturated rings. The third-order valence-corrected chi connectivity index (χ3v) is 4.39. The van der Waals surface area contributed by atoms with Crippen molar-refractivity contribution in [3.63, 3.8) is 0 Å². The molecule has 2 N–H and O–H groups in total. The average molecular weight is 328 g/mol. The molecular weight excluding hydrogens is 308 g/mol. The Labute approximate surface area is 139 Å². The standard InChI is InChI=1S/C17H20N4O3/c22-16(19-11-6-7-11)14-13-5-1-2-8-21(13)15(20-14)17(23)18-10-12-4-3-9-24-12/h1-2,5,8,11-12H,3-4,6-7,9-10H2,(H,18,23)(H,19,22). The van der Waals surface area contributed by atoms with Gasteiger partial charge in [-0.3, -0.25) is 14.0 Å². The molecule has 0 radical (unpaired) electrons. The van der Waals surface area contributed by atoms with Crippen LogP contribution in [0.4, 0.5) is 0 Å². The molecule has 1 saturated carbocycles. The topological polar surface area (TPSA) is 84.7 Å². The molecule has 0 bridgehead atoms. The lowest BCUT2D eigenvalue weighted by Gasteiger charge is -2.10. The fourth-order valence-corrected chi connectivity index (χ4v) is 2.94. The monoisotopic (exact) mass is 328 g/mol. The number of aromatic nitrogens is 2. The highest BCUT2D eigenvalue weighted by molar-refractivity contribution is 6.02. The largest absolute Gasteiger partial charge is 0.376 e. The molecule has 2 amide bonds. The number of amides is 2. The van der Waals surface area contributed by atoms with Crippen molar-refractivity contribution in [1.29, 1.82) is 0 Å². The number of fused-ring (bicyclic) bond motifs is 1. The van der Waals surface area contributed by atoms with Crippen LogP contribution in [0.3, 0.4) is 0 Å². The van der Waals surface area contributed by atoms with Gasteiger partial charge in [0.25, 0.3) is 11.8 Å². The van der Waals surface area contributed by atoms with Gasteiger partial charge in [-0.05, 0) is 37.8 Å². The molecule has 7 heteroatoms. The van der Waals surface area contributed by atoms with Crippen molar-refractivity contribution in [2.24, 2.45) is 0 Å². The fraction of sp³-hybridized carbons (Fsp3) is 0.471. The zero-order valence-electron chi connectivity index (χ0n) is 13.3. The molecule has 3 heterocycles. The SMILES string of the molecule is O=C(NC1CC1)c1nc(C(=O)NCC2CCCO2)n2ccccc12. The molecule has 1 atom stereocenters. The highest BCUT2D eigenvalue weighted by Gasteiger charge is 2.27. The maximum absolute atomic E-state index is 12.5. The zero-order chi connectivity index (χ0) is 16.5. The van der Waals surface area contributed by atoms with Crippen LogP contribution < -0.4 is 10.6 Å². The highest BCUT2D eigenvalue weighted by Crippen LogP contribution is 2.20. The van der Waals surface area contributed by atoms with Gasteiger partial charge in [0.05, 0.1) is 11.6 Å². The first-order chi connectivity index (χ1) is 11.7. The van der Waals surface area contributed by atoms with Crippen molar-refractivity contribution in [2.45, 2.75) is 37.8 Å². The number of pyridine rings is 1. The van der Waals surface area contributed by atoms with E-state index in [2.05, 4.69) is 15.6 Å². The normalized spacial score (nSPS) is 20.2. The number of nitrogens with one attached hydrogen (secondary N) is 2. The van der Waals surface area contributed by atoms with Crippen LogP contribution >= 0.6 is 0 Å². The Kier molecular flexibility index (Phi) is 3.93. The van der Waals surface area contributed by atoms with E-state index in [-0.39, 0.29) is 29.8 Å². The van der Waals surface area contributed by atoms with Gasteiger partial charge in [-0.25, -0.2) is 4.98 Å². The first kappa shape index (κ1) is 15.1. The summed E-state index contributed by atoms with van der Waals surface area (Å²) in [5.74, 6) is -0.291. The Morgan fingerprint density at radius 3 is 2.88 bits per heavy atom. The molecule has 7 nitrogen and oxygen atoms in total. The second-order valence-corrected chi connectivity index (χ2v) is 6.33. The van der Waals surface area contributed by atoms with Crippen LogP contribution in [-0.2, 0) is 4.74 Å². The van der Waals surface area contributed by atoms with Gasteiger partial charge in [-0.15, -0.1) is 0 Å². The third kappa shape index (κ3) is 2.99. The summed E-state index contributed by atoms with van der Waals surface area (Å²) in [7, 11) is 0. The maximum Gasteiger partial charge on any atom is 0.287 e. The van der Waals surface area contributed by atoms with Crippen LogP contribution in [-0.4, -0.2) is 46.5 Å². The van der Waals surface area contributed by atoms with E-state index < -0.39 is 0 Å². The molecule has 126 valence electrons. The number of hydrogen-bond donors (Lipinski definition) is 2. The molecule has 1 saturated heterocycles. The fourth-order valence-electron chi connectivity index (χ4n) is 2.94. The lowest BCUT2D eigenvalue weighted by molar-refractivity contribution is 0.0848. The van der Waals surface area contributed by atoms with Crippen molar-refractivity contribution in [2.75, 3.05) is 13.2 Å². The number of hydrogen-bond acceptors (Lipinski definition) is 4. The maximum atomic E-state index is 12.5. The number of carbonyl (C=O) groups excluding carboxylic acids is 2. The summed E-state index contributed by atoms with van der Waals surface area (Å²) in [4.78, 5) is 29.2. The number of nitrogens with zero attached hydrogens (tertiary/aromatic N) is 2. The summed E-state index contributed by atoms with van der Waals surface area (Å²) >= 11 is 0. The summed E-state index contributed by atoms with van der Waals surface area (Å²) in [5.41, 5.74) is 0.933. The summed E-state index contributed by atoms with van der Waals surface area (Å²) in [5, 5.41) is 5.78. The third-order valence-electron chi connectivity index (χ3n) is 4.39. The van der Waals surface area contributed by atoms with E-state index in [1.807, 2.05) is 12.1 Å². The zero-order valence-corrected chi connectivity index (χ0v) is 13.3. The van der Waals surface area contributed by atoms with E-state index in [1.54, 1.807) is 16.7 Å². The van der Waals surface area contributed by atoms with Crippen LogP contribution in [0.25, 0.3) is 5.52 Å². The van der Waals surface area contributed by atoms with Gasteiger partial charge in [-0.2, -0.15) is 0 Å². The van der Waals surface area contributed by atoms with Crippen molar-refractivity contribution in [1.82, 2.24) is 20.0 Å². The molecule has 1 aliphatic carbocycles. The van der Waals surface area contributed by atoms with E-state index in [0.29, 0.717) is 17.8 Å². The summed E-state index contributed by atoms with van der Waals surface area (Å²) < 4.78 is 7.17. The molecule has 2 aromatic heterocycles. The van der Waals surface area contributed by atoms with Crippen LogP contribution in [0.15, 0.2) is 24.4 Å². The number of carbonyl (C=O) groups is 2. The molecule has 0 spiro atoms. The average Bonchev–Trinajstić information content (AvgIpc) is 3.12. The number of rotatable bonds is 5. The Morgan fingerprint density at radius 2 is 2.12 bits per heavy atom. The van der Waals surface area contributed by atoms with Gasteiger partial charge in [-0.1, -0.05) is 6.07 Å². The molecule has 1 unspecified atom stereocenters. The lowest BCUT2D eigenvalue weighted by Crippen LogP contribution is -2.33. The van der Waals surface area contributed by atoms with Crippen LogP contribution in [0.2, 0.25) is 0 Å². The van der Waals surface area contributed by atoms with Gasteiger partial charge >= 0.3 is 0 Å². The van der Waals surface area contributed by atoms with Crippen molar-refractivity contribution in [3.05, 3.63) is 35.9 Å². The van der Waals surface area contributed by atoms with Gasteiger partial charge in [0.1, 0.15) is 0 Å². The van der Waals surface area contributed by atoms with E-state index in [9.17, 15) is 9.59 Å². The van der Waals surface area contributed by atoms with Gasteiger partial charge in [0.15, 0.2) is 5.69 Å². The van der Waals surface area contributed by atoms with Gasteiger partial charge in [0.2, 0.25) is 5.82 Å². The minimum absolute atomic E-state index is 0.0674. The molecule has 24 heavy (non-hydrogen) atoms. The second-order valence-electron chi connectivity index (χ2n) is 6.33. The Bertz CT molecular complexity index is 775. The van der Waals surface area contributed by atoms with Gasteiger partial charge in [0, 0.05) is 25.4 Å². The number of ether oxygens (including phenoxy) is 1. The first-order valence-electron chi connectivity index (χ1n) is 8.40. The Morgan fingerprint density at radius 1 is 1.25 bits per heavy atom. The van der Waals surface area contributed by atoms with Crippen LogP contribution in [0.5, 0.6) is 0 Å². The van der Waals surface area contributed by atoms with Crippen LogP contribution in [0.1, 0.15) is 46.8 Å². The summed E-state index contributed by atoms with van der Waals surface area (Å²) in [6, 6.07) is 5.69. The van der Waals surface area contributed by atoms with Crippen LogP contribution in [0, 0.1) is 0 Å². The van der Waals surface area contributed by atoms with E-state index in [4.69, 9.17) is 4.74 Å². The molecular formula is C17H20N4O3. The molecule has 1 aliphatic heterocycles. The minimum Gasteiger partial charge on any atom is -0.376 e. The number of imidazole rings is 1. The van der Waals surface area contributed by atoms with Crippen molar-refractivity contribution in [3.8, 4) is 0 Å². The molecule has 4 rings (SSSR count). The quantitative estimate of drug-likeness (QED) is 0.862. The summed E-state index contributed by atoms with van der Waals surface area (Å²) in [6.45, 7) is 1.21. The van der Waals surface area contributed by atoms with Gasteiger partial charge < -0.3 is 15.4 Å². The summed E-state index contributed by atoms with van der Waals surface area (Å²) in [6.07, 6.45) is 5.81. The van der Waals surface area contributed by atoms with E-state index in [0.717, 1.165) is 32.3 Å². The molecule has 2 aromatic rings. The Balaban J connectivity index is 1.57.